The highest BCUT2D eigenvalue weighted by Crippen LogP contribution is 2.32. The second-order valence-corrected chi connectivity index (χ2v) is 4.22. The van der Waals surface area contributed by atoms with Crippen molar-refractivity contribution in [3.05, 3.63) is 41.0 Å². The van der Waals surface area contributed by atoms with Gasteiger partial charge in [0.2, 0.25) is 0 Å². The Morgan fingerprint density at radius 3 is 2.61 bits per heavy atom. The van der Waals surface area contributed by atoms with E-state index in [0.29, 0.717) is 10.8 Å². The van der Waals surface area contributed by atoms with Gasteiger partial charge >= 0.3 is 5.97 Å². The fourth-order valence-electron chi connectivity index (χ4n) is 1.82. The van der Waals surface area contributed by atoms with Crippen LogP contribution in [-0.2, 0) is 7.05 Å². The van der Waals surface area contributed by atoms with E-state index < -0.39 is 5.97 Å². The summed E-state index contributed by atoms with van der Waals surface area (Å²) in [5, 5.41) is 9.57. The predicted octanol–water partition coefficient (Wildman–Crippen LogP) is 3.05. The van der Waals surface area contributed by atoms with Crippen LogP contribution in [0, 0.1) is 0 Å². The molecule has 0 bridgehead atoms. The zero-order chi connectivity index (χ0) is 13.3. The van der Waals surface area contributed by atoms with Crippen LogP contribution in [0.1, 0.15) is 10.5 Å². The van der Waals surface area contributed by atoms with Crippen molar-refractivity contribution in [2.75, 3.05) is 7.11 Å². The highest BCUT2D eigenvalue weighted by molar-refractivity contribution is 6.33. The highest BCUT2D eigenvalue weighted by Gasteiger charge is 2.14. The van der Waals surface area contributed by atoms with E-state index in [4.69, 9.17) is 21.4 Å². The Labute approximate surface area is 109 Å². The zero-order valence-corrected chi connectivity index (χ0v) is 10.7. The maximum atomic E-state index is 11.0. The summed E-state index contributed by atoms with van der Waals surface area (Å²) < 4.78 is 6.73. The molecule has 4 nitrogen and oxygen atoms in total. The minimum atomic E-state index is -0.970. The number of hydrogen-bond acceptors (Lipinski definition) is 2. The number of carboxylic acid groups (broad SMARTS) is 1. The summed E-state index contributed by atoms with van der Waals surface area (Å²) in [7, 11) is 3.26. The molecule has 1 N–H and O–H groups in total. The van der Waals surface area contributed by atoms with E-state index in [0.717, 1.165) is 11.3 Å². The molecule has 18 heavy (non-hydrogen) atoms. The molecule has 0 radical (unpaired) electrons. The number of hydrogen-bond donors (Lipinski definition) is 1. The molecule has 2 rings (SSSR count). The molecule has 1 heterocycles. The molecule has 0 spiro atoms. The molecule has 0 aliphatic rings. The summed E-state index contributed by atoms with van der Waals surface area (Å²) in [6, 6.07) is 8.54. The summed E-state index contributed by atoms with van der Waals surface area (Å²) in [5.74, 6) is -0.296. The lowest BCUT2D eigenvalue weighted by Gasteiger charge is -2.09. The molecule has 0 fully saturated rings. The van der Waals surface area contributed by atoms with Gasteiger partial charge in [0.15, 0.2) is 0 Å². The van der Waals surface area contributed by atoms with Crippen LogP contribution in [0.4, 0.5) is 0 Å². The molecule has 5 heteroatoms. The number of methoxy groups -OCH3 is 1. The molecule has 1 aromatic carbocycles. The Kier molecular flexibility index (Phi) is 3.30. The summed E-state index contributed by atoms with van der Waals surface area (Å²) in [6.07, 6.45) is 0. The third-order valence-electron chi connectivity index (χ3n) is 2.79. The molecule has 0 aliphatic heterocycles. The first kappa shape index (κ1) is 12.5. The van der Waals surface area contributed by atoms with Crippen LogP contribution >= 0.6 is 11.6 Å². The topological polar surface area (TPSA) is 51.5 Å². The molecule has 0 saturated heterocycles. The average Bonchev–Trinajstić information content (AvgIpc) is 2.72. The summed E-state index contributed by atoms with van der Waals surface area (Å²) in [4.78, 5) is 11.0. The van der Waals surface area contributed by atoms with Crippen molar-refractivity contribution in [2.24, 2.45) is 7.05 Å². The van der Waals surface area contributed by atoms with E-state index in [9.17, 15) is 4.79 Å². The van der Waals surface area contributed by atoms with Gasteiger partial charge in [0.05, 0.1) is 17.8 Å². The van der Waals surface area contributed by atoms with Gasteiger partial charge in [0.1, 0.15) is 11.4 Å². The number of aromatic nitrogens is 1. The van der Waals surface area contributed by atoms with Crippen LogP contribution in [0.3, 0.4) is 0 Å². The Hall–Kier alpha value is -1.94. The van der Waals surface area contributed by atoms with Gasteiger partial charge in [0, 0.05) is 12.6 Å². The zero-order valence-electron chi connectivity index (χ0n) is 9.98. The summed E-state index contributed by atoms with van der Waals surface area (Å²) in [5.41, 5.74) is 1.69. The minimum absolute atomic E-state index is 0.212. The predicted molar refractivity (Wildman–Crippen MR) is 69.4 cm³/mol. The van der Waals surface area contributed by atoms with E-state index in [2.05, 4.69) is 0 Å². The number of rotatable bonds is 3. The molecule has 0 amide bonds. The van der Waals surface area contributed by atoms with Gasteiger partial charge in [0.25, 0.3) is 0 Å². The van der Waals surface area contributed by atoms with Crippen LogP contribution in [-0.4, -0.2) is 22.8 Å². The third kappa shape index (κ3) is 2.07. The van der Waals surface area contributed by atoms with E-state index in [1.54, 1.807) is 49.1 Å². The van der Waals surface area contributed by atoms with Gasteiger partial charge in [-0.25, -0.2) is 4.79 Å². The summed E-state index contributed by atoms with van der Waals surface area (Å²) >= 11 is 6.13. The first-order chi connectivity index (χ1) is 8.54. The lowest BCUT2D eigenvalue weighted by molar-refractivity contribution is 0.0687. The van der Waals surface area contributed by atoms with Gasteiger partial charge in [-0.1, -0.05) is 11.6 Å². The van der Waals surface area contributed by atoms with Crippen molar-refractivity contribution < 1.29 is 14.6 Å². The molecular weight excluding hydrogens is 254 g/mol. The fourth-order valence-corrected chi connectivity index (χ4v) is 2.04. The van der Waals surface area contributed by atoms with Crippen molar-refractivity contribution in [3.63, 3.8) is 0 Å². The number of aromatic carboxylic acids is 1. The summed E-state index contributed by atoms with van der Waals surface area (Å²) in [6.45, 7) is 0. The molecule has 0 unspecified atom stereocenters. The van der Waals surface area contributed by atoms with Crippen molar-refractivity contribution in [1.29, 1.82) is 0 Å². The Morgan fingerprint density at radius 2 is 2.06 bits per heavy atom. The third-order valence-corrected chi connectivity index (χ3v) is 3.12. The largest absolute Gasteiger partial charge is 0.497 e. The van der Waals surface area contributed by atoms with E-state index in [-0.39, 0.29) is 5.69 Å². The molecule has 94 valence electrons. The molecule has 0 aliphatic carbocycles. The minimum Gasteiger partial charge on any atom is -0.497 e. The first-order valence-corrected chi connectivity index (χ1v) is 5.65. The first-order valence-electron chi connectivity index (χ1n) is 5.27. The Bertz CT molecular complexity index is 604. The van der Waals surface area contributed by atoms with Gasteiger partial charge in [-0.3, -0.25) is 0 Å². The van der Waals surface area contributed by atoms with Gasteiger partial charge in [-0.15, -0.1) is 0 Å². The SMILES string of the molecule is COc1ccc(Cl)c(-c2ccc(C(=O)O)n2C)c1. The van der Waals surface area contributed by atoms with Gasteiger partial charge in [-0.05, 0) is 30.3 Å². The molecule has 2 aromatic rings. The van der Waals surface area contributed by atoms with Gasteiger partial charge < -0.3 is 14.4 Å². The fraction of sp³-hybridized carbons (Fsp3) is 0.154. The van der Waals surface area contributed by atoms with E-state index in [1.807, 2.05) is 0 Å². The van der Waals surface area contributed by atoms with Crippen molar-refractivity contribution in [2.45, 2.75) is 0 Å². The van der Waals surface area contributed by atoms with Crippen LogP contribution in [0.15, 0.2) is 30.3 Å². The second-order valence-electron chi connectivity index (χ2n) is 3.81. The molecule has 0 saturated carbocycles. The van der Waals surface area contributed by atoms with E-state index in [1.165, 1.54) is 0 Å². The Morgan fingerprint density at radius 1 is 1.33 bits per heavy atom. The van der Waals surface area contributed by atoms with Crippen LogP contribution in [0.5, 0.6) is 5.75 Å². The quantitative estimate of drug-likeness (QED) is 0.928. The Balaban J connectivity index is 2.58. The molecule has 0 atom stereocenters. The van der Waals surface area contributed by atoms with E-state index >= 15 is 0 Å². The van der Waals surface area contributed by atoms with Crippen molar-refractivity contribution >= 4 is 17.6 Å². The number of ether oxygens (including phenoxy) is 1. The standard InChI is InChI=1S/C13H12ClNO3/c1-15-11(5-6-12(15)13(16)17)9-7-8(18-2)3-4-10(9)14/h3-7H,1-2H3,(H,16,17). The average molecular weight is 266 g/mol. The number of nitrogens with zero attached hydrogens (tertiary/aromatic N) is 1. The normalized spacial score (nSPS) is 10.4. The van der Waals surface area contributed by atoms with Crippen LogP contribution in [0.25, 0.3) is 11.3 Å². The maximum Gasteiger partial charge on any atom is 0.352 e. The second kappa shape index (κ2) is 4.74. The van der Waals surface area contributed by atoms with Crippen molar-refractivity contribution in [1.82, 2.24) is 4.57 Å². The molecular formula is C13H12ClNO3. The van der Waals surface area contributed by atoms with Crippen molar-refractivity contribution in [3.8, 4) is 17.0 Å². The number of carboxylic acids is 1. The smallest absolute Gasteiger partial charge is 0.352 e. The lowest BCUT2D eigenvalue weighted by Crippen LogP contribution is -2.05. The number of carbonyl (C=O) groups is 1. The lowest BCUT2D eigenvalue weighted by atomic mass is 10.1. The monoisotopic (exact) mass is 265 g/mol. The number of benzene rings is 1. The number of halogens is 1. The molecule has 1 aromatic heterocycles. The van der Waals surface area contributed by atoms with Crippen LogP contribution < -0.4 is 4.74 Å². The van der Waals surface area contributed by atoms with Gasteiger partial charge in [-0.2, -0.15) is 0 Å². The maximum absolute atomic E-state index is 11.0. The highest BCUT2D eigenvalue weighted by atomic mass is 35.5. The van der Waals surface area contributed by atoms with Crippen LogP contribution in [0.2, 0.25) is 5.02 Å².